The van der Waals surface area contributed by atoms with Crippen molar-refractivity contribution in [3.05, 3.63) is 70.9 Å². The minimum atomic E-state index is -2.43. The number of methoxy groups -OCH3 is 3. The van der Waals surface area contributed by atoms with Crippen LogP contribution in [0.3, 0.4) is 0 Å². The van der Waals surface area contributed by atoms with E-state index in [1.165, 1.54) is 21.1 Å². The predicted molar refractivity (Wildman–Crippen MR) is 293 cm³/mol. The Labute approximate surface area is 467 Å². The Balaban J connectivity index is 0.940. The zero-order valence-electron chi connectivity index (χ0n) is 47.3. The number of benzene rings is 2. The number of nitrogens with zero attached hydrogens (tertiary/aromatic N) is 2. The van der Waals surface area contributed by atoms with Crippen LogP contribution in [0.5, 0.6) is 5.75 Å². The van der Waals surface area contributed by atoms with E-state index in [4.69, 9.17) is 28.4 Å². The standard InChI is InChI=1S/C59H82N6O15/c1-8-37(33-66)80-47(76-6)34-79-46(68)19-13-18-45(67)61-35(4)49(69)78-27-15-23-60-53(71)59(74)50-57(22-26-64-24-14-21-55(9-2,51(57)64)52(59)70)40-28-41(44(75-5)29-43(40)63-50)58(54(72)77-7)31-36-30-56(73,10-3)65(32-36)25-20-39-38-16-11-12-17-42(38)62-48(39)58/h11-12,14,16-17,21,28-29,35-37,47,50-52,62-63,66,70,73-74H,8-10,13,15,18-20,22-27,30-34H2,1-7H3,(H,60,71)(H,61,67)/t35?,36-,37?,47?,50?,51?,52-,55-,56?,57+,58+,59+/m1/s1. The summed E-state index contributed by atoms with van der Waals surface area (Å²) in [4.78, 5) is 76.6. The van der Waals surface area contributed by atoms with E-state index in [-0.39, 0.29) is 70.4 Å². The number of esters is 3. The molecule has 9 rings (SSSR count). The first-order valence-electron chi connectivity index (χ1n) is 28.6. The first kappa shape index (κ1) is 59.0. The molecule has 2 saturated heterocycles. The first-order chi connectivity index (χ1) is 38.4. The summed E-state index contributed by atoms with van der Waals surface area (Å²) >= 11 is 0. The van der Waals surface area contributed by atoms with E-state index in [1.807, 2.05) is 63.3 Å². The Morgan fingerprint density at radius 1 is 0.950 bits per heavy atom. The van der Waals surface area contributed by atoms with Crippen LogP contribution >= 0.6 is 0 Å². The molecule has 6 heterocycles. The molecular weight excluding hydrogens is 1030 g/mol. The van der Waals surface area contributed by atoms with Gasteiger partial charge in [-0.25, -0.2) is 4.79 Å². The summed E-state index contributed by atoms with van der Waals surface area (Å²) in [5, 5.41) is 57.7. The normalized spacial score (nSPS) is 31.2. The van der Waals surface area contributed by atoms with Crippen LogP contribution < -0.4 is 20.7 Å². The quantitative estimate of drug-likeness (QED) is 0.0223. The number of hydrogen-bond acceptors (Lipinski definition) is 18. The molecule has 80 heavy (non-hydrogen) atoms. The number of fused-ring (bicyclic) bond motifs is 6. The summed E-state index contributed by atoms with van der Waals surface area (Å²) in [7, 11) is 4.35. The minimum absolute atomic E-state index is 0.0365. The molecule has 0 radical (unpaired) electrons. The molecule has 2 aromatic carbocycles. The molecule has 21 heteroatoms. The lowest BCUT2D eigenvalue weighted by atomic mass is 9.47. The molecule has 7 unspecified atom stereocenters. The number of aliphatic hydroxyl groups is 4. The molecule has 3 fully saturated rings. The number of rotatable bonds is 23. The van der Waals surface area contributed by atoms with Gasteiger partial charge in [0.25, 0.3) is 5.91 Å². The van der Waals surface area contributed by atoms with E-state index < -0.39 is 87.9 Å². The van der Waals surface area contributed by atoms with Gasteiger partial charge in [-0.05, 0) is 100 Å². The van der Waals surface area contributed by atoms with Gasteiger partial charge < -0.3 is 69.8 Å². The average Bonchev–Trinajstić information content (AvgIpc) is 4.31. The molecule has 1 aliphatic carbocycles. The van der Waals surface area contributed by atoms with Crippen molar-refractivity contribution in [2.75, 3.05) is 79.2 Å². The highest BCUT2D eigenvalue weighted by atomic mass is 16.7. The lowest BCUT2D eigenvalue weighted by Gasteiger charge is -2.62. The molecular formula is C59H82N6O15. The highest BCUT2D eigenvalue weighted by Crippen LogP contribution is 2.66. The van der Waals surface area contributed by atoms with Crippen LogP contribution in [0.1, 0.15) is 114 Å². The van der Waals surface area contributed by atoms with Crippen molar-refractivity contribution in [3.63, 3.8) is 0 Å². The highest BCUT2D eigenvalue weighted by molar-refractivity contribution is 5.95. The summed E-state index contributed by atoms with van der Waals surface area (Å²) < 4.78 is 33.7. The van der Waals surface area contributed by atoms with Crippen LogP contribution in [0, 0.1) is 11.3 Å². The highest BCUT2D eigenvalue weighted by Gasteiger charge is 2.77. The number of anilines is 1. The second kappa shape index (κ2) is 23.7. The fourth-order valence-corrected chi connectivity index (χ4v) is 14.7. The van der Waals surface area contributed by atoms with Crippen molar-refractivity contribution < 1.29 is 72.8 Å². The van der Waals surface area contributed by atoms with E-state index in [0.717, 1.165) is 22.0 Å². The Morgan fingerprint density at radius 2 is 1.74 bits per heavy atom. The maximum atomic E-state index is 15.4. The van der Waals surface area contributed by atoms with E-state index in [1.54, 1.807) is 7.11 Å². The summed E-state index contributed by atoms with van der Waals surface area (Å²) in [5.74, 6) is -2.80. The van der Waals surface area contributed by atoms with Gasteiger partial charge in [0, 0.05) is 96.9 Å². The monoisotopic (exact) mass is 1110 g/mol. The Kier molecular flexibility index (Phi) is 17.5. The van der Waals surface area contributed by atoms with Crippen molar-refractivity contribution in [1.29, 1.82) is 0 Å². The van der Waals surface area contributed by atoms with Gasteiger partial charge in [0.1, 0.15) is 35.6 Å². The molecule has 1 aromatic heterocycles. The third-order valence-corrected chi connectivity index (χ3v) is 18.7. The number of hydrogen-bond donors (Lipinski definition) is 8. The lowest BCUT2D eigenvalue weighted by molar-refractivity contribution is -0.200. The maximum Gasteiger partial charge on any atom is 0.328 e. The molecule has 13 atom stereocenters. The third kappa shape index (κ3) is 9.96. The van der Waals surface area contributed by atoms with E-state index in [0.29, 0.717) is 87.4 Å². The van der Waals surface area contributed by atoms with Crippen LogP contribution in [0.4, 0.5) is 5.69 Å². The van der Waals surface area contributed by atoms with Gasteiger partial charge in [-0.1, -0.05) is 51.1 Å². The first-order valence-corrected chi connectivity index (χ1v) is 28.6. The van der Waals surface area contributed by atoms with Crippen molar-refractivity contribution in [3.8, 4) is 5.75 Å². The van der Waals surface area contributed by atoms with E-state index in [2.05, 4.69) is 36.8 Å². The van der Waals surface area contributed by atoms with Crippen molar-refractivity contribution in [2.45, 2.75) is 157 Å². The molecule has 5 aliphatic heterocycles. The SMILES string of the molecule is CCC(CO)OC(COC(=O)CCCC(=O)NC(C)C(=O)OCCCNC(=O)[C@]1(O)C2Nc3cc(OC)c([C@@]4(C(=O)OC)C[C@@H]5CN(CCc6c4[nH]c4ccccc64)C(O)(CC)C5)cc3[C@@]23CCN2CC=C[C@](CC)(C23)[C@H]1O)OC. The molecule has 8 N–H and O–H groups in total. The van der Waals surface area contributed by atoms with Crippen LogP contribution in [-0.2, 0) is 64.9 Å². The molecule has 438 valence electrons. The number of carbonyl (C=O) groups is 5. The van der Waals surface area contributed by atoms with Crippen LogP contribution in [0.25, 0.3) is 10.9 Å². The fourth-order valence-electron chi connectivity index (χ4n) is 14.7. The zero-order valence-corrected chi connectivity index (χ0v) is 47.3. The molecule has 2 bridgehead atoms. The average molecular weight is 1120 g/mol. The van der Waals surface area contributed by atoms with Crippen molar-refractivity contribution >= 4 is 46.3 Å². The maximum absolute atomic E-state index is 15.4. The number of nitrogens with one attached hydrogen (secondary N) is 4. The molecule has 21 nitrogen and oxygen atoms in total. The van der Waals surface area contributed by atoms with Gasteiger partial charge in [0.15, 0.2) is 11.9 Å². The van der Waals surface area contributed by atoms with Gasteiger partial charge in [-0.2, -0.15) is 0 Å². The van der Waals surface area contributed by atoms with Gasteiger partial charge >= 0.3 is 17.9 Å². The number of para-hydroxylation sites is 1. The molecule has 3 aromatic rings. The van der Waals surface area contributed by atoms with Crippen LogP contribution in [0.2, 0.25) is 0 Å². The fraction of sp³-hybridized carbons (Fsp3) is 0.644. The van der Waals surface area contributed by atoms with Gasteiger partial charge in [-0.3, -0.25) is 29.0 Å². The lowest BCUT2D eigenvalue weighted by Crippen LogP contribution is -2.80. The zero-order chi connectivity index (χ0) is 57.4. The summed E-state index contributed by atoms with van der Waals surface area (Å²) in [5.41, 5.74) is -2.63. The number of H-pyrrole nitrogens is 1. The Hall–Kier alpha value is -5.65. The number of aliphatic hydroxyl groups excluding tert-OH is 2. The molecule has 1 spiro atoms. The molecule has 2 amide bonds. The molecule has 6 aliphatic rings. The number of aromatic nitrogens is 1. The Bertz CT molecular complexity index is 2820. The number of amides is 2. The second-order valence-corrected chi connectivity index (χ2v) is 22.8. The molecule has 1 saturated carbocycles. The number of ether oxygens (including phenoxy) is 6. The number of carbonyl (C=O) groups excluding carboxylic acids is 5. The van der Waals surface area contributed by atoms with Gasteiger partial charge in [0.05, 0.1) is 39.6 Å². The smallest absolute Gasteiger partial charge is 0.328 e. The van der Waals surface area contributed by atoms with Gasteiger partial charge in [-0.15, -0.1) is 0 Å². The van der Waals surface area contributed by atoms with E-state index in [9.17, 15) is 34.8 Å². The topological polar surface area (TPSA) is 280 Å². The minimum Gasteiger partial charge on any atom is -0.496 e. The third-order valence-electron chi connectivity index (χ3n) is 18.7. The summed E-state index contributed by atoms with van der Waals surface area (Å²) in [6, 6.07) is 9.41. The number of aromatic amines is 1. The van der Waals surface area contributed by atoms with Crippen LogP contribution in [0.15, 0.2) is 48.6 Å². The van der Waals surface area contributed by atoms with Gasteiger partial charge in [0.2, 0.25) is 5.91 Å². The largest absolute Gasteiger partial charge is 0.496 e. The van der Waals surface area contributed by atoms with Crippen molar-refractivity contribution in [1.82, 2.24) is 25.4 Å². The summed E-state index contributed by atoms with van der Waals surface area (Å²) in [6.07, 6.45) is 4.45. The second-order valence-electron chi connectivity index (χ2n) is 22.8. The van der Waals surface area contributed by atoms with Crippen molar-refractivity contribution in [2.24, 2.45) is 11.3 Å². The summed E-state index contributed by atoms with van der Waals surface area (Å²) in [6.45, 7) is 9.03. The van der Waals surface area contributed by atoms with E-state index >= 15 is 9.59 Å². The Morgan fingerprint density at radius 3 is 2.45 bits per heavy atom. The van der Waals surface area contributed by atoms with Crippen LogP contribution in [-0.4, -0.2) is 187 Å². The predicted octanol–water partition coefficient (Wildman–Crippen LogP) is 3.21.